The van der Waals surface area contributed by atoms with Gasteiger partial charge in [-0.2, -0.15) is 9.40 Å². The number of hydrogen-bond donors (Lipinski definition) is 1. The van der Waals surface area contributed by atoms with Crippen molar-refractivity contribution in [2.45, 2.75) is 45.4 Å². The lowest BCUT2D eigenvalue weighted by molar-refractivity contribution is 0.419. The second kappa shape index (κ2) is 6.93. The smallest absolute Gasteiger partial charge is 0.244 e. The van der Waals surface area contributed by atoms with E-state index in [1.165, 1.54) is 11.3 Å². The molecule has 22 heavy (non-hydrogen) atoms. The maximum atomic E-state index is 12.8. The average Bonchev–Trinajstić information content (AvgIpc) is 3.05. The first-order chi connectivity index (χ1) is 10.4. The number of rotatable bonds is 7. The van der Waals surface area contributed by atoms with E-state index in [0.717, 1.165) is 34.0 Å². The summed E-state index contributed by atoms with van der Waals surface area (Å²) in [6.07, 6.45) is 1.86. The maximum Gasteiger partial charge on any atom is 0.244 e. The Balaban J connectivity index is 2.37. The molecule has 0 spiro atoms. The van der Waals surface area contributed by atoms with E-state index >= 15 is 0 Å². The number of sulfonamides is 1. The molecule has 7 heteroatoms. The Bertz CT molecular complexity index is 732. The van der Waals surface area contributed by atoms with Crippen LogP contribution in [0.25, 0.3) is 10.6 Å². The number of unbranched alkanes of at least 4 members (excludes halogenated alkanes) is 1. The zero-order chi connectivity index (χ0) is 16.3. The number of nitrogens with zero attached hydrogens (tertiary/aromatic N) is 2. The van der Waals surface area contributed by atoms with Crippen molar-refractivity contribution in [2.24, 2.45) is 0 Å². The van der Waals surface area contributed by atoms with Gasteiger partial charge in [0.2, 0.25) is 10.0 Å². The van der Waals surface area contributed by atoms with Crippen LogP contribution >= 0.6 is 11.3 Å². The van der Waals surface area contributed by atoms with Crippen molar-refractivity contribution < 1.29 is 8.42 Å². The van der Waals surface area contributed by atoms with Crippen molar-refractivity contribution in [3.05, 3.63) is 22.7 Å². The third-order valence-electron chi connectivity index (χ3n) is 3.56. The minimum Gasteiger partial charge on any atom is -0.282 e. The first kappa shape index (κ1) is 17.2. The molecule has 2 heterocycles. The van der Waals surface area contributed by atoms with Crippen molar-refractivity contribution in [1.29, 1.82) is 0 Å². The summed E-state index contributed by atoms with van der Waals surface area (Å²) < 4.78 is 27.2. The Kier molecular flexibility index (Phi) is 5.41. The molecule has 0 radical (unpaired) electrons. The van der Waals surface area contributed by atoms with Crippen molar-refractivity contribution in [3.8, 4) is 10.6 Å². The van der Waals surface area contributed by atoms with Gasteiger partial charge < -0.3 is 0 Å². The molecule has 122 valence electrons. The molecule has 0 aliphatic heterocycles. The Morgan fingerprint density at radius 1 is 1.27 bits per heavy atom. The molecular weight excluding hydrogens is 318 g/mol. The number of aryl methyl sites for hydroxylation is 2. The summed E-state index contributed by atoms with van der Waals surface area (Å²) in [7, 11) is -3.43. The Morgan fingerprint density at radius 3 is 2.55 bits per heavy atom. The summed E-state index contributed by atoms with van der Waals surface area (Å²) in [4.78, 5) is 2.10. The third kappa shape index (κ3) is 3.42. The normalized spacial score (nSPS) is 12.2. The first-order valence-electron chi connectivity index (χ1n) is 7.53. The van der Waals surface area contributed by atoms with Crippen molar-refractivity contribution in [3.63, 3.8) is 0 Å². The van der Waals surface area contributed by atoms with Crippen LogP contribution in [0.3, 0.4) is 0 Å². The summed E-state index contributed by atoms with van der Waals surface area (Å²) in [5.41, 5.74) is 1.76. The molecule has 0 aliphatic carbocycles. The topological polar surface area (TPSA) is 66.1 Å². The Hall–Kier alpha value is -1.18. The molecule has 5 nitrogen and oxygen atoms in total. The number of aromatic amines is 1. The van der Waals surface area contributed by atoms with Crippen LogP contribution in [0.2, 0.25) is 0 Å². The lowest BCUT2D eigenvalue weighted by Crippen LogP contribution is -2.31. The van der Waals surface area contributed by atoms with Crippen molar-refractivity contribution in [2.75, 3.05) is 13.1 Å². The molecule has 1 N–H and O–H groups in total. The van der Waals surface area contributed by atoms with E-state index in [2.05, 4.69) is 17.1 Å². The van der Waals surface area contributed by atoms with E-state index < -0.39 is 10.0 Å². The quantitative estimate of drug-likeness (QED) is 0.837. The Morgan fingerprint density at radius 2 is 2.00 bits per heavy atom. The minimum atomic E-state index is -3.43. The van der Waals surface area contributed by atoms with E-state index in [1.54, 1.807) is 10.4 Å². The number of thiophene rings is 1. The lowest BCUT2D eigenvalue weighted by Gasteiger charge is -2.19. The predicted octanol–water partition coefficient (Wildman–Crippen LogP) is 3.57. The van der Waals surface area contributed by atoms with Crippen molar-refractivity contribution in [1.82, 2.24) is 14.5 Å². The van der Waals surface area contributed by atoms with Gasteiger partial charge in [-0.3, -0.25) is 5.10 Å². The highest BCUT2D eigenvalue weighted by atomic mass is 32.2. The average molecular weight is 342 g/mol. The van der Waals surface area contributed by atoms with Gasteiger partial charge >= 0.3 is 0 Å². The monoisotopic (exact) mass is 341 g/mol. The van der Waals surface area contributed by atoms with Gasteiger partial charge in [0.15, 0.2) is 0 Å². The largest absolute Gasteiger partial charge is 0.282 e. The fourth-order valence-corrected chi connectivity index (χ4v) is 5.32. The van der Waals surface area contributed by atoms with Crippen LogP contribution < -0.4 is 0 Å². The summed E-state index contributed by atoms with van der Waals surface area (Å²) in [6, 6.07) is 3.68. The van der Waals surface area contributed by atoms with Gasteiger partial charge in [0.1, 0.15) is 5.69 Å². The van der Waals surface area contributed by atoms with E-state index in [4.69, 9.17) is 0 Å². The second-order valence-electron chi connectivity index (χ2n) is 5.32. The van der Waals surface area contributed by atoms with Crippen molar-refractivity contribution >= 4 is 21.4 Å². The third-order valence-corrected chi connectivity index (χ3v) is 6.86. The highest BCUT2D eigenvalue weighted by molar-refractivity contribution is 7.89. The number of H-pyrrole nitrogens is 1. The SMILES string of the molecule is CCCCN(CC)S(=O)(=O)c1cc(-c2cc(C)[nH]n2)sc1C. The van der Waals surface area contributed by atoms with Gasteiger partial charge in [0.05, 0.1) is 9.77 Å². The van der Waals surface area contributed by atoms with Crippen LogP contribution in [0.4, 0.5) is 0 Å². The number of nitrogens with one attached hydrogen (secondary N) is 1. The molecule has 0 atom stereocenters. The lowest BCUT2D eigenvalue weighted by atomic mass is 10.3. The van der Waals surface area contributed by atoms with Gasteiger partial charge in [0, 0.05) is 23.7 Å². The van der Waals surface area contributed by atoms with E-state index in [9.17, 15) is 8.42 Å². The zero-order valence-electron chi connectivity index (χ0n) is 13.5. The highest BCUT2D eigenvalue weighted by Crippen LogP contribution is 2.34. The fourth-order valence-electron chi connectivity index (χ4n) is 2.31. The van der Waals surface area contributed by atoms with E-state index in [0.29, 0.717) is 18.0 Å². The summed E-state index contributed by atoms with van der Waals surface area (Å²) in [6.45, 7) is 8.80. The molecule has 0 fully saturated rings. The molecule has 0 bridgehead atoms. The van der Waals surface area contributed by atoms with Crippen LogP contribution in [0.15, 0.2) is 17.0 Å². The van der Waals surface area contributed by atoms with Gasteiger partial charge in [-0.25, -0.2) is 8.42 Å². The molecule has 0 saturated carbocycles. The summed E-state index contributed by atoms with van der Waals surface area (Å²) >= 11 is 1.47. The molecule has 2 rings (SSSR count). The molecule has 2 aromatic rings. The number of aromatic nitrogens is 2. The highest BCUT2D eigenvalue weighted by Gasteiger charge is 2.26. The van der Waals surface area contributed by atoms with Crippen LogP contribution in [0.1, 0.15) is 37.3 Å². The summed E-state index contributed by atoms with van der Waals surface area (Å²) in [5.74, 6) is 0. The second-order valence-corrected chi connectivity index (χ2v) is 8.48. The van der Waals surface area contributed by atoms with Crippen LogP contribution in [-0.4, -0.2) is 36.0 Å². The molecule has 0 amide bonds. The molecular formula is C15H23N3O2S2. The molecule has 0 saturated heterocycles. The first-order valence-corrected chi connectivity index (χ1v) is 9.78. The van der Waals surface area contributed by atoms with E-state index in [1.807, 2.05) is 26.8 Å². The molecule has 0 aliphatic rings. The standard InChI is InChI=1S/C15H23N3O2S2/c1-5-7-8-18(6-2)22(19,20)15-10-14(21-12(15)4)13-9-11(3)16-17-13/h9-10H,5-8H2,1-4H3,(H,16,17). The van der Waals surface area contributed by atoms with Crippen LogP contribution in [0.5, 0.6) is 0 Å². The Labute approximate surface area is 136 Å². The van der Waals surface area contributed by atoms with Gasteiger partial charge in [0.25, 0.3) is 0 Å². The summed E-state index contributed by atoms with van der Waals surface area (Å²) in [5, 5.41) is 7.11. The van der Waals surface area contributed by atoms with Crippen LogP contribution in [-0.2, 0) is 10.0 Å². The molecule has 2 aromatic heterocycles. The minimum absolute atomic E-state index is 0.408. The molecule has 0 aromatic carbocycles. The van der Waals surface area contributed by atoms with E-state index in [-0.39, 0.29) is 0 Å². The van der Waals surface area contributed by atoms with Gasteiger partial charge in [-0.15, -0.1) is 11.3 Å². The predicted molar refractivity (Wildman–Crippen MR) is 90.7 cm³/mol. The molecule has 0 unspecified atom stereocenters. The van der Waals surface area contributed by atoms with Gasteiger partial charge in [-0.05, 0) is 32.4 Å². The zero-order valence-corrected chi connectivity index (χ0v) is 15.1. The fraction of sp³-hybridized carbons (Fsp3) is 0.533. The number of hydrogen-bond acceptors (Lipinski definition) is 4. The maximum absolute atomic E-state index is 12.8. The van der Waals surface area contributed by atoms with Gasteiger partial charge in [-0.1, -0.05) is 20.3 Å². The van der Waals surface area contributed by atoms with Crippen LogP contribution in [0, 0.1) is 13.8 Å².